The summed E-state index contributed by atoms with van der Waals surface area (Å²) in [6, 6.07) is 19.6. The third-order valence-corrected chi connectivity index (χ3v) is 8.57. The van der Waals surface area contributed by atoms with Crippen LogP contribution in [0.15, 0.2) is 77.0 Å². The molecule has 0 saturated heterocycles. The summed E-state index contributed by atoms with van der Waals surface area (Å²) in [7, 11) is -0.644. The molecule has 0 saturated carbocycles. The monoisotopic (exact) mass is 550 g/mol. The smallest absolute Gasteiger partial charge is 0.243 e. The van der Waals surface area contributed by atoms with E-state index in [-0.39, 0.29) is 18.0 Å². The van der Waals surface area contributed by atoms with E-state index in [0.29, 0.717) is 11.4 Å². The Bertz CT molecular complexity index is 1530. The lowest BCUT2D eigenvalue weighted by Gasteiger charge is -2.22. The maximum absolute atomic E-state index is 13.6. The Kier molecular flexibility index (Phi) is 8.45. The number of carbonyl (C=O) groups excluding carboxylic acids is 1. The van der Waals surface area contributed by atoms with Crippen molar-refractivity contribution < 1.29 is 17.9 Å². The Morgan fingerprint density at radius 2 is 1.79 bits per heavy atom. The lowest BCUT2D eigenvalue weighted by atomic mass is 10.1. The van der Waals surface area contributed by atoms with E-state index in [1.165, 1.54) is 22.8 Å². The topological polar surface area (TPSA) is 101 Å². The molecule has 8 nitrogen and oxygen atoms in total. The number of anilines is 2. The van der Waals surface area contributed by atoms with Crippen molar-refractivity contribution in [2.24, 2.45) is 0 Å². The first-order valence-corrected chi connectivity index (χ1v) is 14.3. The average Bonchev–Trinajstić information content (AvgIpc) is 3.38. The van der Waals surface area contributed by atoms with Crippen molar-refractivity contribution in [3.63, 3.8) is 0 Å². The van der Waals surface area contributed by atoms with Crippen LogP contribution >= 0.6 is 11.3 Å². The predicted octanol–water partition coefficient (Wildman–Crippen LogP) is 5.31. The summed E-state index contributed by atoms with van der Waals surface area (Å²) in [5, 5.41) is 8.54. The highest BCUT2D eigenvalue weighted by Gasteiger charge is 2.27. The van der Waals surface area contributed by atoms with Crippen LogP contribution < -0.4 is 15.4 Å². The Hall–Kier alpha value is -3.73. The number of hydrogen-bond acceptors (Lipinski definition) is 7. The van der Waals surface area contributed by atoms with E-state index in [2.05, 4.69) is 15.6 Å². The maximum Gasteiger partial charge on any atom is 0.243 e. The zero-order valence-electron chi connectivity index (χ0n) is 21.7. The molecule has 3 aromatic carbocycles. The largest absolute Gasteiger partial charge is 0.495 e. The highest BCUT2D eigenvalue weighted by Crippen LogP contribution is 2.32. The van der Waals surface area contributed by atoms with Crippen LogP contribution in [0.2, 0.25) is 0 Å². The molecule has 0 radical (unpaired) electrons. The van der Waals surface area contributed by atoms with Crippen LogP contribution in [0.4, 0.5) is 10.8 Å². The second-order valence-corrected chi connectivity index (χ2v) is 11.6. The molecule has 1 heterocycles. The van der Waals surface area contributed by atoms with Gasteiger partial charge in [-0.15, -0.1) is 11.3 Å². The fourth-order valence-electron chi connectivity index (χ4n) is 3.94. The SMILES string of the molecule is CNc1nc(-c2ccc(OC)c(NC(=O)CN(Cc3cccc(C)c3)S(=O)(=O)c3ccc(C)cc3)c2)cs1. The highest BCUT2D eigenvalue weighted by atomic mass is 32.2. The second-order valence-electron chi connectivity index (χ2n) is 8.83. The number of aromatic nitrogens is 1. The lowest BCUT2D eigenvalue weighted by molar-refractivity contribution is -0.116. The average molecular weight is 551 g/mol. The minimum Gasteiger partial charge on any atom is -0.495 e. The third kappa shape index (κ3) is 6.39. The van der Waals surface area contributed by atoms with Crippen molar-refractivity contribution in [3.8, 4) is 17.0 Å². The van der Waals surface area contributed by atoms with Crippen molar-refractivity contribution >= 4 is 38.1 Å². The molecule has 0 bridgehead atoms. The minimum atomic E-state index is -3.96. The summed E-state index contributed by atoms with van der Waals surface area (Å²) >= 11 is 1.47. The number of hydrogen-bond donors (Lipinski definition) is 2. The van der Waals surface area contributed by atoms with Gasteiger partial charge in [-0.2, -0.15) is 4.31 Å². The van der Waals surface area contributed by atoms with Gasteiger partial charge in [-0.25, -0.2) is 13.4 Å². The number of aryl methyl sites for hydroxylation is 2. The predicted molar refractivity (Wildman–Crippen MR) is 152 cm³/mol. The summed E-state index contributed by atoms with van der Waals surface area (Å²) in [5.74, 6) is -0.0317. The fraction of sp³-hybridized carbons (Fsp3) is 0.214. The van der Waals surface area contributed by atoms with E-state index < -0.39 is 15.9 Å². The molecule has 1 amide bonds. The quantitative estimate of drug-likeness (QED) is 0.278. The first-order valence-electron chi connectivity index (χ1n) is 11.9. The van der Waals surface area contributed by atoms with Crippen molar-refractivity contribution in [1.82, 2.24) is 9.29 Å². The minimum absolute atomic E-state index is 0.0497. The van der Waals surface area contributed by atoms with E-state index in [9.17, 15) is 13.2 Å². The van der Waals surface area contributed by atoms with Gasteiger partial charge in [-0.05, 0) is 49.7 Å². The van der Waals surface area contributed by atoms with Crippen molar-refractivity contribution in [2.75, 3.05) is 31.3 Å². The number of carbonyl (C=O) groups is 1. The zero-order chi connectivity index (χ0) is 27.3. The van der Waals surface area contributed by atoms with Crippen LogP contribution in [0, 0.1) is 13.8 Å². The molecule has 0 fully saturated rings. The second kappa shape index (κ2) is 11.8. The Labute approximate surface area is 227 Å². The molecule has 1 aromatic heterocycles. The van der Waals surface area contributed by atoms with Crippen LogP contribution in [0.1, 0.15) is 16.7 Å². The molecule has 4 rings (SSSR count). The van der Waals surface area contributed by atoms with Crippen molar-refractivity contribution in [2.45, 2.75) is 25.3 Å². The van der Waals surface area contributed by atoms with E-state index in [1.807, 2.05) is 49.6 Å². The van der Waals surface area contributed by atoms with Crippen LogP contribution in [0.25, 0.3) is 11.3 Å². The van der Waals surface area contributed by atoms with Gasteiger partial charge in [0.1, 0.15) is 5.75 Å². The molecular formula is C28H30N4O4S2. The first-order chi connectivity index (χ1) is 18.2. The number of thiazole rings is 1. The number of methoxy groups -OCH3 is 1. The molecule has 198 valence electrons. The van der Waals surface area contributed by atoms with Crippen LogP contribution in [-0.4, -0.2) is 44.3 Å². The van der Waals surface area contributed by atoms with Gasteiger partial charge in [0, 0.05) is 24.5 Å². The number of ether oxygens (including phenoxy) is 1. The van der Waals surface area contributed by atoms with Gasteiger partial charge in [0.15, 0.2) is 5.13 Å². The molecule has 0 atom stereocenters. The van der Waals surface area contributed by atoms with Gasteiger partial charge in [-0.3, -0.25) is 4.79 Å². The van der Waals surface area contributed by atoms with E-state index in [4.69, 9.17) is 4.74 Å². The molecule has 0 aliphatic heterocycles. The molecule has 0 aliphatic rings. The number of amides is 1. The van der Waals surface area contributed by atoms with Gasteiger partial charge in [-0.1, -0.05) is 47.5 Å². The van der Waals surface area contributed by atoms with E-state index in [1.54, 1.807) is 43.4 Å². The van der Waals surface area contributed by atoms with Gasteiger partial charge < -0.3 is 15.4 Å². The summed E-state index contributed by atoms with van der Waals surface area (Å²) in [6.07, 6.45) is 0. The summed E-state index contributed by atoms with van der Waals surface area (Å²) < 4.78 is 33.9. The number of nitrogens with zero attached hydrogens (tertiary/aromatic N) is 2. The number of sulfonamides is 1. The van der Waals surface area contributed by atoms with Crippen LogP contribution in [-0.2, 0) is 21.4 Å². The number of nitrogens with one attached hydrogen (secondary N) is 2. The molecule has 0 spiro atoms. The van der Waals surface area contributed by atoms with Gasteiger partial charge in [0.05, 0.1) is 29.9 Å². The Balaban J connectivity index is 1.62. The van der Waals surface area contributed by atoms with Crippen LogP contribution in [0.5, 0.6) is 5.75 Å². The third-order valence-electron chi connectivity index (χ3n) is 5.91. The lowest BCUT2D eigenvalue weighted by Crippen LogP contribution is -2.37. The zero-order valence-corrected chi connectivity index (χ0v) is 23.3. The number of benzene rings is 3. The molecular weight excluding hydrogens is 520 g/mol. The summed E-state index contributed by atoms with van der Waals surface area (Å²) in [4.78, 5) is 17.9. The number of rotatable bonds is 10. The molecule has 0 aliphatic carbocycles. The normalized spacial score (nSPS) is 11.4. The van der Waals surface area contributed by atoms with Gasteiger partial charge in [0.2, 0.25) is 15.9 Å². The fourth-order valence-corrected chi connectivity index (χ4v) is 6.00. The van der Waals surface area contributed by atoms with Crippen LogP contribution in [0.3, 0.4) is 0 Å². The molecule has 2 N–H and O–H groups in total. The standard InChI is InChI=1S/C28H30N4O4S2/c1-19-8-11-23(12-9-19)38(34,35)32(16-21-7-5-6-20(2)14-21)17-27(33)30-24-15-22(10-13-26(24)36-4)25-18-37-28(29-3)31-25/h5-15,18H,16-17H2,1-4H3,(H,29,31)(H,30,33). The van der Waals surface area contributed by atoms with Gasteiger partial charge in [0.25, 0.3) is 0 Å². The Morgan fingerprint density at radius 1 is 1.03 bits per heavy atom. The molecule has 0 unspecified atom stereocenters. The molecule has 38 heavy (non-hydrogen) atoms. The van der Waals surface area contributed by atoms with E-state index >= 15 is 0 Å². The molecule has 10 heteroatoms. The highest BCUT2D eigenvalue weighted by molar-refractivity contribution is 7.89. The van der Waals surface area contributed by atoms with Crippen molar-refractivity contribution in [1.29, 1.82) is 0 Å². The summed E-state index contributed by atoms with van der Waals surface area (Å²) in [6.45, 7) is 3.50. The first kappa shape index (κ1) is 27.3. The van der Waals surface area contributed by atoms with Crippen molar-refractivity contribution in [3.05, 3.63) is 88.8 Å². The maximum atomic E-state index is 13.6. The van der Waals surface area contributed by atoms with Gasteiger partial charge >= 0.3 is 0 Å². The molecule has 4 aromatic rings. The summed E-state index contributed by atoms with van der Waals surface area (Å²) in [5.41, 5.74) is 4.71. The van der Waals surface area contributed by atoms with E-state index in [0.717, 1.165) is 33.1 Å². The Morgan fingerprint density at radius 3 is 2.45 bits per heavy atom.